The number of ether oxygens (including phenoxy) is 1. The molecule has 1 saturated heterocycles. The summed E-state index contributed by atoms with van der Waals surface area (Å²) in [5, 5.41) is 13.9. The van der Waals surface area contributed by atoms with Crippen LogP contribution < -0.4 is 15.0 Å². The maximum absolute atomic E-state index is 12.5. The summed E-state index contributed by atoms with van der Waals surface area (Å²) in [6, 6.07) is 8.69. The second-order valence-corrected chi connectivity index (χ2v) is 6.34. The van der Waals surface area contributed by atoms with Crippen molar-refractivity contribution >= 4 is 40.5 Å². The van der Waals surface area contributed by atoms with Gasteiger partial charge in [-0.15, -0.1) is 0 Å². The molecular weight excluding hydrogens is 374 g/mol. The Labute approximate surface area is 159 Å². The molecule has 1 aliphatic heterocycles. The molecule has 9 heteroatoms. The third-order valence-corrected chi connectivity index (χ3v) is 4.44. The molecule has 0 saturated carbocycles. The number of hydrogen-bond donors (Lipinski definition) is 1. The third-order valence-electron chi connectivity index (χ3n) is 4.20. The van der Waals surface area contributed by atoms with Gasteiger partial charge in [-0.05, 0) is 30.7 Å². The number of nitrogens with zero attached hydrogens (tertiary/aromatic N) is 2. The molecule has 0 radical (unpaired) electrons. The minimum Gasteiger partial charge on any atom is -0.494 e. The van der Waals surface area contributed by atoms with Gasteiger partial charge >= 0.3 is 0 Å². The zero-order chi connectivity index (χ0) is 19.6. The average molecular weight is 390 g/mol. The van der Waals surface area contributed by atoms with E-state index < -0.39 is 10.8 Å². The molecule has 1 heterocycles. The van der Waals surface area contributed by atoms with Gasteiger partial charge in [0.05, 0.1) is 17.7 Å². The summed E-state index contributed by atoms with van der Waals surface area (Å²) >= 11 is 5.77. The number of carbonyl (C=O) groups is 2. The molecule has 0 bridgehead atoms. The minimum absolute atomic E-state index is 0.0156. The van der Waals surface area contributed by atoms with Crippen molar-refractivity contribution in [2.24, 2.45) is 0 Å². The predicted octanol–water partition coefficient (Wildman–Crippen LogP) is 3.64. The van der Waals surface area contributed by atoms with E-state index in [0.717, 1.165) is 12.5 Å². The molecule has 0 aliphatic carbocycles. The number of benzene rings is 2. The van der Waals surface area contributed by atoms with Crippen LogP contribution in [0.25, 0.3) is 0 Å². The molecule has 3 rings (SSSR count). The van der Waals surface area contributed by atoms with E-state index in [2.05, 4.69) is 5.32 Å². The van der Waals surface area contributed by atoms with Crippen LogP contribution in [0, 0.1) is 10.1 Å². The highest BCUT2D eigenvalue weighted by molar-refractivity contribution is 6.31. The summed E-state index contributed by atoms with van der Waals surface area (Å²) in [5.74, 6) is -0.207. The van der Waals surface area contributed by atoms with Crippen molar-refractivity contribution in [1.82, 2.24) is 0 Å². The second kappa shape index (κ2) is 7.63. The molecular formula is C18H16ClN3O5. The van der Waals surface area contributed by atoms with Gasteiger partial charge in [0.2, 0.25) is 5.91 Å². The van der Waals surface area contributed by atoms with Crippen molar-refractivity contribution in [3.8, 4) is 5.75 Å². The molecule has 140 valence electrons. The average Bonchev–Trinajstić information content (AvgIpc) is 3.07. The minimum atomic E-state index is -0.663. The summed E-state index contributed by atoms with van der Waals surface area (Å²) in [5.41, 5.74) is 0.514. The Bertz CT molecular complexity index is 931. The van der Waals surface area contributed by atoms with Crippen LogP contribution in [-0.4, -0.2) is 30.4 Å². The quantitative estimate of drug-likeness (QED) is 0.621. The van der Waals surface area contributed by atoms with Gasteiger partial charge in [-0.2, -0.15) is 0 Å². The van der Waals surface area contributed by atoms with E-state index in [-0.39, 0.29) is 22.2 Å². The molecule has 0 unspecified atom stereocenters. The van der Waals surface area contributed by atoms with Gasteiger partial charge in [0, 0.05) is 35.8 Å². The third kappa shape index (κ3) is 3.85. The van der Waals surface area contributed by atoms with E-state index in [1.54, 1.807) is 23.1 Å². The molecule has 2 aromatic carbocycles. The fraction of sp³-hybridized carbons (Fsp3) is 0.222. The van der Waals surface area contributed by atoms with Gasteiger partial charge in [-0.25, -0.2) is 0 Å². The fourth-order valence-corrected chi connectivity index (χ4v) is 3.09. The monoisotopic (exact) mass is 389 g/mol. The van der Waals surface area contributed by atoms with Crippen LogP contribution in [0.5, 0.6) is 5.75 Å². The van der Waals surface area contributed by atoms with Crippen molar-refractivity contribution in [2.75, 3.05) is 23.9 Å². The van der Waals surface area contributed by atoms with Gasteiger partial charge in [0.25, 0.3) is 11.6 Å². The number of rotatable bonds is 5. The van der Waals surface area contributed by atoms with E-state index in [0.29, 0.717) is 30.1 Å². The summed E-state index contributed by atoms with van der Waals surface area (Å²) in [6.45, 7) is 0.609. The van der Waals surface area contributed by atoms with Gasteiger partial charge in [-0.1, -0.05) is 11.6 Å². The Morgan fingerprint density at radius 2 is 2.07 bits per heavy atom. The highest BCUT2D eigenvalue weighted by Crippen LogP contribution is 2.34. The number of halogens is 1. The van der Waals surface area contributed by atoms with Crippen molar-refractivity contribution in [3.05, 3.63) is 57.1 Å². The van der Waals surface area contributed by atoms with Crippen LogP contribution in [0.4, 0.5) is 17.1 Å². The molecule has 27 heavy (non-hydrogen) atoms. The second-order valence-electron chi connectivity index (χ2n) is 5.91. The Balaban J connectivity index is 1.87. The molecule has 0 atom stereocenters. The van der Waals surface area contributed by atoms with Crippen molar-refractivity contribution in [1.29, 1.82) is 0 Å². The molecule has 1 fully saturated rings. The van der Waals surface area contributed by atoms with E-state index in [1.165, 1.54) is 19.2 Å². The molecule has 8 nitrogen and oxygen atoms in total. The lowest BCUT2D eigenvalue weighted by Crippen LogP contribution is -2.24. The standard InChI is InChI=1S/C18H16ClN3O5/c1-27-16-10-12(5-7-14(16)21-8-2-3-17(21)23)20-18(24)13-6-4-11(19)9-15(13)22(25)26/h4-7,9-10H,2-3,8H2,1H3,(H,20,24). The predicted molar refractivity (Wildman–Crippen MR) is 101 cm³/mol. The zero-order valence-electron chi connectivity index (χ0n) is 14.4. The smallest absolute Gasteiger partial charge is 0.283 e. The number of hydrogen-bond acceptors (Lipinski definition) is 5. The highest BCUT2D eigenvalue weighted by Gasteiger charge is 2.25. The first kappa shape index (κ1) is 18.7. The lowest BCUT2D eigenvalue weighted by atomic mass is 10.1. The number of amides is 2. The number of carbonyl (C=O) groups excluding carboxylic acids is 2. The molecule has 0 spiro atoms. The van der Waals surface area contributed by atoms with E-state index in [9.17, 15) is 19.7 Å². The lowest BCUT2D eigenvalue weighted by Gasteiger charge is -2.19. The van der Waals surface area contributed by atoms with Crippen molar-refractivity contribution in [3.63, 3.8) is 0 Å². The first-order chi connectivity index (χ1) is 12.9. The van der Waals surface area contributed by atoms with Crippen molar-refractivity contribution in [2.45, 2.75) is 12.8 Å². The normalized spacial score (nSPS) is 13.6. The van der Waals surface area contributed by atoms with Crippen LogP contribution in [0.3, 0.4) is 0 Å². The Morgan fingerprint density at radius 3 is 2.70 bits per heavy atom. The van der Waals surface area contributed by atoms with E-state index in [1.807, 2.05) is 0 Å². The number of anilines is 2. The van der Waals surface area contributed by atoms with Gasteiger partial charge in [0.15, 0.2) is 0 Å². The first-order valence-electron chi connectivity index (χ1n) is 8.14. The SMILES string of the molecule is COc1cc(NC(=O)c2ccc(Cl)cc2[N+](=O)[O-])ccc1N1CCCC1=O. The molecule has 1 aliphatic rings. The number of methoxy groups -OCH3 is 1. The summed E-state index contributed by atoms with van der Waals surface area (Å²) < 4.78 is 5.34. The van der Waals surface area contributed by atoms with Gasteiger partial charge in [-0.3, -0.25) is 19.7 Å². The molecule has 1 N–H and O–H groups in total. The number of nitro benzene ring substituents is 1. The Kier molecular flexibility index (Phi) is 5.27. The highest BCUT2D eigenvalue weighted by atomic mass is 35.5. The number of nitro groups is 1. The van der Waals surface area contributed by atoms with Crippen LogP contribution in [0.15, 0.2) is 36.4 Å². The maximum Gasteiger partial charge on any atom is 0.283 e. The molecule has 2 amide bonds. The summed E-state index contributed by atoms with van der Waals surface area (Å²) in [6.07, 6.45) is 1.27. The van der Waals surface area contributed by atoms with Crippen LogP contribution in [0.1, 0.15) is 23.2 Å². The summed E-state index contributed by atoms with van der Waals surface area (Å²) in [4.78, 5) is 36.6. The Hall–Kier alpha value is -3.13. The van der Waals surface area contributed by atoms with Crippen molar-refractivity contribution < 1.29 is 19.2 Å². The van der Waals surface area contributed by atoms with Gasteiger partial charge in [0.1, 0.15) is 11.3 Å². The summed E-state index contributed by atoms with van der Waals surface area (Å²) in [7, 11) is 1.47. The largest absolute Gasteiger partial charge is 0.494 e. The lowest BCUT2D eigenvalue weighted by molar-refractivity contribution is -0.385. The van der Waals surface area contributed by atoms with Crippen LogP contribution in [0.2, 0.25) is 5.02 Å². The zero-order valence-corrected chi connectivity index (χ0v) is 15.2. The number of nitrogens with one attached hydrogen (secondary N) is 1. The van der Waals surface area contributed by atoms with Crippen LogP contribution in [-0.2, 0) is 4.79 Å². The maximum atomic E-state index is 12.5. The topological polar surface area (TPSA) is 102 Å². The van der Waals surface area contributed by atoms with E-state index >= 15 is 0 Å². The Morgan fingerprint density at radius 1 is 1.30 bits per heavy atom. The van der Waals surface area contributed by atoms with E-state index in [4.69, 9.17) is 16.3 Å². The first-order valence-corrected chi connectivity index (χ1v) is 8.52. The molecule has 2 aromatic rings. The fourth-order valence-electron chi connectivity index (χ4n) is 2.93. The van der Waals surface area contributed by atoms with Gasteiger partial charge < -0.3 is 15.0 Å². The molecule has 0 aromatic heterocycles. The van der Waals surface area contributed by atoms with Crippen LogP contribution >= 0.6 is 11.6 Å².